The van der Waals surface area contributed by atoms with Crippen LogP contribution in [0.3, 0.4) is 0 Å². The van der Waals surface area contributed by atoms with Gasteiger partial charge in [0, 0.05) is 0 Å². The molecule has 1 rings (SSSR count). The standard InChI is InChI=1S/C12H22/c1-6-12(5)10(3)8-7-9(2)11(12)4/h7-11H,6H2,1-5H3. The van der Waals surface area contributed by atoms with E-state index < -0.39 is 0 Å². The number of hydrogen-bond acceptors (Lipinski definition) is 0. The SMILES string of the molecule is CCC1(C)C(C)C=CC(C)C1C. The summed E-state index contributed by atoms with van der Waals surface area (Å²) in [5.41, 5.74) is 0.522. The molecule has 0 aromatic carbocycles. The fourth-order valence-electron chi connectivity index (χ4n) is 2.39. The van der Waals surface area contributed by atoms with Crippen LogP contribution in [0.1, 0.15) is 41.0 Å². The van der Waals surface area contributed by atoms with Crippen molar-refractivity contribution in [1.82, 2.24) is 0 Å². The minimum Gasteiger partial charge on any atom is -0.0851 e. The zero-order valence-corrected chi connectivity index (χ0v) is 9.09. The van der Waals surface area contributed by atoms with E-state index in [1.165, 1.54) is 6.42 Å². The van der Waals surface area contributed by atoms with Crippen LogP contribution in [0.4, 0.5) is 0 Å². The van der Waals surface area contributed by atoms with Crippen LogP contribution in [-0.2, 0) is 0 Å². The Morgan fingerprint density at radius 1 is 1.17 bits per heavy atom. The number of rotatable bonds is 1. The van der Waals surface area contributed by atoms with Crippen LogP contribution in [0.5, 0.6) is 0 Å². The lowest BCUT2D eigenvalue weighted by molar-refractivity contribution is 0.0953. The van der Waals surface area contributed by atoms with Gasteiger partial charge >= 0.3 is 0 Å². The Bertz CT molecular complexity index is 180. The van der Waals surface area contributed by atoms with Gasteiger partial charge in [0.15, 0.2) is 0 Å². The smallest absolute Gasteiger partial charge is 0.0205 e. The topological polar surface area (TPSA) is 0 Å². The first-order valence-corrected chi connectivity index (χ1v) is 5.20. The molecule has 70 valence electrons. The molecule has 0 saturated carbocycles. The summed E-state index contributed by atoms with van der Waals surface area (Å²) in [7, 11) is 0. The van der Waals surface area contributed by atoms with Crippen molar-refractivity contribution in [2.75, 3.05) is 0 Å². The summed E-state index contributed by atoms with van der Waals surface area (Å²) in [4.78, 5) is 0. The molecule has 0 radical (unpaired) electrons. The van der Waals surface area contributed by atoms with E-state index in [4.69, 9.17) is 0 Å². The molecular weight excluding hydrogens is 144 g/mol. The first-order valence-electron chi connectivity index (χ1n) is 5.20. The molecular formula is C12H22. The van der Waals surface area contributed by atoms with Crippen LogP contribution in [0, 0.1) is 23.2 Å². The molecule has 0 amide bonds. The van der Waals surface area contributed by atoms with E-state index in [1.807, 2.05) is 0 Å². The fourth-order valence-corrected chi connectivity index (χ4v) is 2.39. The first kappa shape index (κ1) is 9.83. The van der Waals surface area contributed by atoms with Crippen LogP contribution in [0.25, 0.3) is 0 Å². The van der Waals surface area contributed by atoms with Crippen molar-refractivity contribution in [3.63, 3.8) is 0 Å². The molecule has 0 heterocycles. The van der Waals surface area contributed by atoms with Crippen molar-refractivity contribution in [3.05, 3.63) is 12.2 Å². The number of allylic oxidation sites excluding steroid dienone is 2. The third kappa shape index (κ3) is 1.32. The van der Waals surface area contributed by atoms with Gasteiger partial charge in [-0.15, -0.1) is 0 Å². The quantitative estimate of drug-likeness (QED) is 0.519. The third-order valence-corrected chi connectivity index (χ3v) is 4.33. The lowest BCUT2D eigenvalue weighted by Crippen LogP contribution is -2.37. The van der Waals surface area contributed by atoms with Gasteiger partial charge in [-0.2, -0.15) is 0 Å². The van der Waals surface area contributed by atoms with Crippen LogP contribution in [0.15, 0.2) is 12.2 Å². The van der Waals surface area contributed by atoms with Crippen molar-refractivity contribution < 1.29 is 0 Å². The van der Waals surface area contributed by atoms with Crippen molar-refractivity contribution >= 4 is 0 Å². The second-order valence-corrected chi connectivity index (χ2v) is 4.68. The highest BCUT2D eigenvalue weighted by molar-refractivity contribution is 5.06. The van der Waals surface area contributed by atoms with Crippen LogP contribution in [-0.4, -0.2) is 0 Å². The average Bonchev–Trinajstić information content (AvgIpc) is 2.08. The summed E-state index contributed by atoms with van der Waals surface area (Å²) in [5, 5.41) is 0. The Morgan fingerprint density at radius 2 is 1.75 bits per heavy atom. The summed E-state index contributed by atoms with van der Waals surface area (Å²) in [6.45, 7) is 11.8. The van der Waals surface area contributed by atoms with E-state index in [1.54, 1.807) is 0 Å². The maximum absolute atomic E-state index is 2.43. The molecule has 0 fully saturated rings. The molecule has 0 heteroatoms. The van der Waals surface area contributed by atoms with Gasteiger partial charge in [0.05, 0.1) is 0 Å². The van der Waals surface area contributed by atoms with E-state index >= 15 is 0 Å². The zero-order chi connectivity index (χ0) is 9.35. The lowest BCUT2D eigenvalue weighted by atomic mass is 9.60. The molecule has 12 heavy (non-hydrogen) atoms. The molecule has 0 saturated heterocycles. The molecule has 1 aliphatic carbocycles. The molecule has 0 bridgehead atoms. The Morgan fingerprint density at radius 3 is 2.17 bits per heavy atom. The second-order valence-electron chi connectivity index (χ2n) is 4.68. The molecule has 0 nitrogen and oxygen atoms in total. The molecule has 0 N–H and O–H groups in total. The highest BCUT2D eigenvalue weighted by Crippen LogP contribution is 2.46. The minimum atomic E-state index is 0.522. The molecule has 0 aromatic heterocycles. The van der Waals surface area contributed by atoms with Gasteiger partial charge in [0.2, 0.25) is 0 Å². The predicted molar refractivity (Wildman–Crippen MR) is 55.0 cm³/mol. The Balaban J connectivity index is 2.91. The average molecular weight is 166 g/mol. The minimum absolute atomic E-state index is 0.522. The van der Waals surface area contributed by atoms with Crippen molar-refractivity contribution in [2.45, 2.75) is 41.0 Å². The normalized spacial score (nSPS) is 47.9. The van der Waals surface area contributed by atoms with Gasteiger partial charge in [0.1, 0.15) is 0 Å². The zero-order valence-electron chi connectivity index (χ0n) is 9.09. The van der Waals surface area contributed by atoms with Crippen LogP contribution >= 0.6 is 0 Å². The number of hydrogen-bond donors (Lipinski definition) is 0. The second kappa shape index (κ2) is 3.24. The van der Waals surface area contributed by atoms with E-state index in [0.29, 0.717) is 5.41 Å². The molecule has 4 atom stereocenters. The summed E-state index contributed by atoms with van der Waals surface area (Å²) in [5.74, 6) is 2.32. The van der Waals surface area contributed by atoms with Gasteiger partial charge < -0.3 is 0 Å². The van der Waals surface area contributed by atoms with Crippen LogP contribution < -0.4 is 0 Å². The highest BCUT2D eigenvalue weighted by atomic mass is 14.4. The maximum Gasteiger partial charge on any atom is -0.0205 e. The summed E-state index contributed by atoms with van der Waals surface area (Å²) >= 11 is 0. The molecule has 4 unspecified atom stereocenters. The fraction of sp³-hybridized carbons (Fsp3) is 0.833. The van der Waals surface area contributed by atoms with E-state index in [0.717, 1.165) is 17.8 Å². The summed E-state index contributed by atoms with van der Waals surface area (Å²) < 4.78 is 0. The van der Waals surface area contributed by atoms with E-state index in [9.17, 15) is 0 Å². The molecule has 0 aliphatic heterocycles. The maximum atomic E-state index is 2.43. The van der Waals surface area contributed by atoms with Crippen LogP contribution in [0.2, 0.25) is 0 Å². The van der Waals surface area contributed by atoms with Gasteiger partial charge in [0.25, 0.3) is 0 Å². The van der Waals surface area contributed by atoms with Crippen molar-refractivity contribution in [1.29, 1.82) is 0 Å². The van der Waals surface area contributed by atoms with E-state index in [2.05, 4.69) is 46.8 Å². The predicted octanol–water partition coefficient (Wildman–Crippen LogP) is 3.88. The Kier molecular flexibility index (Phi) is 2.65. The van der Waals surface area contributed by atoms with Gasteiger partial charge in [-0.05, 0) is 29.6 Å². The summed E-state index contributed by atoms with van der Waals surface area (Å²) in [6, 6.07) is 0. The Labute approximate surface area is 77.1 Å². The van der Waals surface area contributed by atoms with Gasteiger partial charge in [-0.1, -0.05) is 46.8 Å². The molecule has 0 spiro atoms. The highest BCUT2D eigenvalue weighted by Gasteiger charge is 2.38. The monoisotopic (exact) mass is 166 g/mol. The molecule has 1 aliphatic rings. The lowest BCUT2D eigenvalue weighted by Gasteiger charge is -2.44. The summed E-state index contributed by atoms with van der Waals surface area (Å²) in [6.07, 6.45) is 6.07. The molecule has 0 aromatic rings. The van der Waals surface area contributed by atoms with E-state index in [-0.39, 0.29) is 0 Å². The van der Waals surface area contributed by atoms with Crippen molar-refractivity contribution in [2.24, 2.45) is 23.2 Å². The largest absolute Gasteiger partial charge is 0.0851 e. The Hall–Kier alpha value is -0.260. The van der Waals surface area contributed by atoms with Gasteiger partial charge in [-0.3, -0.25) is 0 Å². The third-order valence-electron chi connectivity index (χ3n) is 4.33. The van der Waals surface area contributed by atoms with Gasteiger partial charge in [-0.25, -0.2) is 0 Å². The first-order chi connectivity index (χ1) is 5.52. The van der Waals surface area contributed by atoms with Crippen molar-refractivity contribution in [3.8, 4) is 0 Å².